The molecule has 26 heavy (non-hydrogen) atoms. The van der Waals surface area contributed by atoms with Gasteiger partial charge in [0.2, 0.25) is 5.89 Å². The van der Waals surface area contributed by atoms with Crippen molar-refractivity contribution in [3.8, 4) is 11.5 Å². The van der Waals surface area contributed by atoms with Crippen molar-refractivity contribution >= 4 is 45.9 Å². The second-order valence-corrected chi connectivity index (χ2v) is 6.51. The summed E-state index contributed by atoms with van der Waals surface area (Å²) >= 11 is 12.0. The van der Waals surface area contributed by atoms with E-state index in [4.69, 9.17) is 27.6 Å². The predicted octanol–water partition coefficient (Wildman–Crippen LogP) is 6.05. The van der Waals surface area contributed by atoms with Crippen LogP contribution in [-0.2, 0) is 0 Å². The number of fused-ring (bicyclic) bond motifs is 1. The predicted molar refractivity (Wildman–Crippen MR) is 104 cm³/mol. The minimum absolute atomic E-state index is 0.265. The Balaban J connectivity index is 1.71. The van der Waals surface area contributed by atoms with Gasteiger partial charge in [0.25, 0.3) is 5.91 Å². The fourth-order valence-corrected chi connectivity index (χ4v) is 2.98. The maximum Gasteiger partial charge on any atom is 0.255 e. The van der Waals surface area contributed by atoms with Gasteiger partial charge in [-0.15, -0.1) is 0 Å². The summed E-state index contributed by atoms with van der Waals surface area (Å²) in [5, 5.41) is 3.97. The molecule has 0 aliphatic rings. The van der Waals surface area contributed by atoms with Crippen LogP contribution in [0.25, 0.3) is 22.6 Å². The summed E-state index contributed by atoms with van der Waals surface area (Å²) in [4.78, 5) is 17.0. The zero-order valence-corrected chi connectivity index (χ0v) is 14.9. The van der Waals surface area contributed by atoms with Crippen molar-refractivity contribution in [1.29, 1.82) is 0 Å². The van der Waals surface area contributed by atoms with E-state index in [9.17, 15) is 4.79 Å². The Labute approximate surface area is 159 Å². The smallest absolute Gasteiger partial charge is 0.255 e. The standard InChI is InChI=1S/C20H12Cl2N2O2/c21-13-5-3-4-12(10-13)19(25)23-16-7-2-1-6-15(16)20-24-17-11-14(22)8-9-18(17)26-20/h1-11H,(H,23,25). The molecule has 0 aliphatic heterocycles. The third-order valence-corrected chi connectivity index (χ3v) is 4.31. The lowest BCUT2D eigenvalue weighted by Crippen LogP contribution is -2.12. The third-order valence-electron chi connectivity index (χ3n) is 3.84. The largest absolute Gasteiger partial charge is 0.436 e. The van der Waals surface area contributed by atoms with Crippen molar-refractivity contribution in [2.24, 2.45) is 0 Å². The lowest BCUT2D eigenvalue weighted by atomic mass is 10.1. The van der Waals surface area contributed by atoms with Crippen LogP contribution in [0.3, 0.4) is 0 Å². The Kier molecular flexibility index (Phi) is 4.37. The molecule has 0 unspecified atom stereocenters. The van der Waals surface area contributed by atoms with Gasteiger partial charge in [-0.1, -0.05) is 41.4 Å². The summed E-state index contributed by atoms with van der Waals surface area (Å²) in [6.45, 7) is 0. The summed E-state index contributed by atoms with van der Waals surface area (Å²) in [7, 11) is 0. The number of carbonyl (C=O) groups is 1. The minimum atomic E-state index is -0.265. The molecule has 0 bridgehead atoms. The van der Waals surface area contributed by atoms with Gasteiger partial charge in [0, 0.05) is 15.6 Å². The van der Waals surface area contributed by atoms with Gasteiger partial charge in [0.05, 0.1) is 11.3 Å². The number of carbonyl (C=O) groups excluding carboxylic acids is 1. The first kappa shape index (κ1) is 16.6. The summed E-state index contributed by atoms with van der Waals surface area (Å²) in [5.74, 6) is 0.142. The molecule has 0 radical (unpaired) electrons. The number of hydrogen-bond acceptors (Lipinski definition) is 3. The Hall–Kier alpha value is -2.82. The van der Waals surface area contributed by atoms with Crippen molar-refractivity contribution in [2.75, 3.05) is 5.32 Å². The molecule has 0 aliphatic carbocycles. The van der Waals surface area contributed by atoms with E-state index >= 15 is 0 Å². The van der Waals surface area contributed by atoms with Gasteiger partial charge in [0.1, 0.15) is 5.52 Å². The van der Waals surface area contributed by atoms with E-state index in [1.54, 1.807) is 48.5 Å². The fraction of sp³-hybridized carbons (Fsp3) is 0. The molecular weight excluding hydrogens is 371 g/mol. The number of amides is 1. The number of halogens is 2. The third kappa shape index (κ3) is 3.29. The highest BCUT2D eigenvalue weighted by Crippen LogP contribution is 2.31. The SMILES string of the molecule is O=C(Nc1ccccc1-c1nc2cc(Cl)ccc2o1)c1cccc(Cl)c1. The number of nitrogens with one attached hydrogen (secondary N) is 1. The molecule has 3 aromatic carbocycles. The lowest BCUT2D eigenvalue weighted by Gasteiger charge is -2.09. The molecule has 1 aromatic heterocycles. The molecular formula is C20H12Cl2N2O2. The van der Waals surface area contributed by atoms with Gasteiger partial charge in [-0.25, -0.2) is 4.98 Å². The summed E-state index contributed by atoms with van der Waals surface area (Å²) in [6, 6.07) is 19.3. The van der Waals surface area contributed by atoms with Gasteiger partial charge in [-0.05, 0) is 48.5 Å². The molecule has 1 heterocycles. The number of oxazole rings is 1. The first-order valence-corrected chi connectivity index (χ1v) is 8.58. The average Bonchev–Trinajstić information content (AvgIpc) is 3.05. The summed E-state index contributed by atoms with van der Waals surface area (Å²) in [6.07, 6.45) is 0. The van der Waals surface area contributed by atoms with Gasteiger partial charge < -0.3 is 9.73 Å². The molecule has 0 atom stereocenters. The van der Waals surface area contributed by atoms with Crippen LogP contribution in [0.5, 0.6) is 0 Å². The van der Waals surface area contributed by atoms with Crippen LogP contribution in [0, 0.1) is 0 Å². The Morgan fingerprint density at radius 2 is 1.73 bits per heavy atom. The maximum absolute atomic E-state index is 12.5. The minimum Gasteiger partial charge on any atom is -0.436 e. The molecule has 1 amide bonds. The zero-order valence-electron chi connectivity index (χ0n) is 13.4. The van der Waals surface area contributed by atoms with Crippen molar-refractivity contribution in [3.63, 3.8) is 0 Å². The topological polar surface area (TPSA) is 55.1 Å². The van der Waals surface area contributed by atoms with E-state index < -0.39 is 0 Å². The van der Waals surface area contributed by atoms with E-state index in [-0.39, 0.29) is 5.91 Å². The Morgan fingerprint density at radius 1 is 0.923 bits per heavy atom. The van der Waals surface area contributed by atoms with E-state index in [1.807, 2.05) is 18.2 Å². The molecule has 4 rings (SSSR count). The Bertz CT molecular complexity index is 1120. The molecule has 0 spiro atoms. The van der Waals surface area contributed by atoms with Crippen LogP contribution in [0.4, 0.5) is 5.69 Å². The lowest BCUT2D eigenvalue weighted by molar-refractivity contribution is 0.102. The summed E-state index contributed by atoms with van der Waals surface area (Å²) in [5.41, 5.74) is 3.02. The molecule has 4 aromatic rings. The van der Waals surface area contributed by atoms with Crippen LogP contribution in [0.15, 0.2) is 71.1 Å². The number of anilines is 1. The highest BCUT2D eigenvalue weighted by molar-refractivity contribution is 6.31. The van der Waals surface area contributed by atoms with Crippen molar-refractivity contribution in [2.45, 2.75) is 0 Å². The van der Waals surface area contributed by atoms with Crippen LogP contribution >= 0.6 is 23.2 Å². The highest BCUT2D eigenvalue weighted by Gasteiger charge is 2.15. The number of hydrogen-bond donors (Lipinski definition) is 1. The molecule has 4 nitrogen and oxygen atoms in total. The molecule has 6 heteroatoms. The molecule has 0 saturated carbocycles. The number of nitrogens with zero attached hydrogens (tertiary/aromatic N) is 1. The molecule has 0 saturated heterocycles. The maximum atomic E-state index is 12.5. The first-order chi connectivity index (χ1) is 12.6. The van der Waals surface area contributed by atoms with Gasteiger partial charge in [-0.2, -0.15) is 0 Å². The van der Waals surface area contributed by atoms with Crippen LogP contribution in [0.1, 0.15) is 10.4 Å². The second kappa shape index (κ2) is 6.83. The number of rotatable bonds is 3. The first-order valence-electron chi connectivity index (χ1n) is 7.82. The quantitative estimate of drug-likeness (QED) is 0.468. The van der Waals surface area contributed by atoms with Crippen LogP contribution in [0.2, 0.25) is 10.0 Å². The zero-order chi connectivity index (χ0) is 18.1. The highest BCUT2D eigenvalue weighted by atomic mass is 35.5. The van der Waals surface area contributed by atoms with Crippen molar-refractivity contribution in [3.05, 3.63) is 82.3 Å². The average molecular weight is 383 g/mol. The van der Waals surface area contributed by atoms with Crippen molar-refractivity contribution < 1.29 is 9.21 Å². The van der Waals surface area contributed by atoms with Gasteiger partial charge in [-0.3, -0.25) is 4.79 Å². The number of aromatic nitrogens is 1. The van der Waals surface area contributed by atoms with E-state index in [0.717, 1.165) is 0 Å². The van der Waals surface area contributed by atoms with E-state index in [1.165, 1.54) is 0 Å². The van der Waals surface area contributed by atoms with Crippen molar-refractivity contribution in [1.82, 2.24) is 4.98 Å². The number of benzene rings is 3. The fourth-order valence-electron chi connectivity index (χ4n) is 2.62. The van der Waals surface area contributed by atoms with Gasteiger partial charge >= 0.3 is 0 Å². The van der Waals surface area contributed by atoms with E-state index in [2.05, 4.69) is 10.3 Å². The molecule has 128 valence electrons. The number of para-hydroxylation sites is 1. The monoisotopic (exact) mass is 382 g/mol. The summed E-state index contributed by atoms with van der Waals surface area (Å²) < 4.78 is 5.81. The Morgan fingerprint density at radius 3 is 2.58 bits per heavy atom. The van der Waals surface area contributed by atoms with Crippen LogP contribution in [-0.4, -0.2) is 10.9 Å². The van der Waals surface area contributed by atoms with Crippen LogP contribution < -0.4 is 5.32 Å². The van der Waals surface area contributed by atoms with Gasteiger partial charge in [0.15, 0.2) is 5.58 Å². The van der Waals surface area contributed by atoms with E-state index in [0.29, 0.717) is 43.9 Å². The second-order valence-electron chi connectivity index (χ2n) is 5.64. The molecule has 1 N–H and O–H groups in total. The normalized spacial score (nSPS) is 10.8. The molecule has 0 fully saturated rings.